The summed E-state index contributed by atoms with van der Waals surface area (Å²) in [6.45, 7) is 6.99. The lowest BCUT2D eigenvalue weighted by molar-refractivity contribution is -0.117. The summed E-state index contributed by atoms with van der Waals surface area (Å²) in [7, 11) is 0. The van der Waals surface area contributed by atoms with Gasteiger partial charge in [0.1, 0.15) is 11.6 Å². The van der Waals surface area contributed by atoms with Crippen LogP contribution in [-0.4, -0.2) is 38.3 Å². The van der Waals surface area contributed by atoms with Crippen molar-refractivity contribution in [1.29, 1.82) is 5.26 Å². The molecule has 0 unspecified atom stereocenters. The summed E-state index contributed by atoms with van der Waals surface area (Å²) in [4.78, 5) is 14.1. The summed E-state index contributed by atoms with van der Waals surface area (Å²) in [6, 6.07) is 9.82. The molecule has 0 saturated carbocycles. The molecule has 5 nitrogen and oxygen atoms in total. The topological polar surface area (TPSA) is 65.4 Å². The predicted octanol–water partition coefficient (Wildman–Crippen LogP) is 1.95. The summed E-state index contributed by atoms with van der Waals surface area (Å²) in [5.74, 6) is -0.338. The highest BCUT2D eigenvalue weighted by Crippen LogP contribution is 2.18. The number of morpholine rings is 1. The molecule has 1 aliphatic heterocycles. The van der Waals surface area contributed by atoms with E-state index in [9.17, 15) is 4.79 Å². The van der Waals surface area contributed by atoms with Gasteiger partial charge in [-0.3, -0.25) is 4.79 Å². The smallest absolute Gasteiger partial charge is 0.262 e. The van der Waals surface area contributed by atoms with Gasteiger partial charge in [-0.1, -0.05) is 12.1 Å². The van der Waals surface area contributed by atoms with Crippen LogP contribution in [0.15, 0.2) is 29.8 Å². The zero-order valence-electron chi connectivity index (χ0n) is 13.0. The fraction of sp³-hybridized carbons (Fsp3) is 0.412. The van der Waals surface area contributed by atoms with E-state index in [4.69, 9.17) is 10.00 Å². The zero-order chi connectivity index (χ0) is 15.9. The van der Waals surface area contributed by atoms with Crippen LogP contribution in [0.5, 0.6) is 0 Å². The lowest BCUT2D eigenvalue weighted by Gasteiger charge is -2.28. The van der Waals surface area contributed by atoms with Gasteiger partial charge in [-0.25, -0.2) is 0 Å². The molecule has 0 atom stereocenters. The molecular weight excluding hydrogens is 278 g/mol. The van der Waals surface area contributed by atoms with Gasteiger partial charge < -0.3 is 15.0 Å². The molecule has 1 saturated heterocycles. The van der Waals surface area contributed by atoms with Crippen LogP contribution in [0.3, 0.4) is 0 Å². The van der Waals surface area contributed by atoms with Crippen molar-refractivity contribution >= 4 is 17.7 Å². The first-order valence-electron chi connectivity index (χ1n) is 7.45. The van der Waals surface area contributed by atoms with Crippen LogP contribution in [0.4, 0.5) is 5.69 Å². The second-order valence-electron chi connectivity index (χ2n) is 5.49. The average Bonchev–Trinajstić information content (AvgIpc) is 2.53. The lowest BCUT2D eigenvalue weighted by atomic mass is 10.1. The van der Waals surface area contributed by atoms with Crippen molar-refractivity contribution in [2.45, 2.75) is 19.9 Å². The summed E-state index contributed by atoms with van der Waals surface area (Å²) >= 11 is 0. The largest absolute Gasteiger partial charge is 0.378 e. The van der Waals surface area contributed by atoms with Gasteiger partial charge in [0, 0.05) is 24.8 Å². The first kappa shape index (κ1) is 16.1. The highest BCUT2D eigenvalue weighted by Gasteiger charge is 2.12. The minimum Gasteiger partial charge on any atom is -0.378 e. The lowest BCUT2D eigenvalue weighted by Crippen LogP contribution is -2.36. The van der Waals surface area contributed by atoms with Crippen LogP contribution in [0, 0.1) is 11.3 Å². The fourth-order valence-corrected chi connectivity index (χ4v) is 2.26. The summed E-state index contributed by atoms with van der Waals surface area (Å²) < 4.78 is 5.34. The molecule has 1 aliphatic rings. The average molecular weight is 299 g/mol. The van der Waals surface area contributed by atoms with E-state index in [2.05, 4.69) is 10.2 Å². The third kappa shape index (κ3) is 4.34. The van der Waals surface area contributed by atoms with E-state index in [1.54, 1.807) is 6.08 Å². The molecule has 0 aromatic heterocycles. The molecule has 0 aliphatic carbocycles. The number of hydrogen-bond acceptors (Lipinski definition) is 4. The molecular formula is C17H21N3O2. The maximum atomic E-state index is 11.9. The second-order valence-corrected chi connectivity index (χ2v) is 5.49. The third-order valence-corrected chi connectivity index (χ3v) is 3.37. The number of ether oxygens (including phenoxy) is 1. The first-order valence-corrected chi connectivity index (χ1v) is 7.45. The van der Waals surface area contributed by atoms with Crippen LogP contribution < -0.4 is 10.2 Å². The Morgan fingerprint density at radius 3 is 2.50 bits per heavy atom. The van der Waals surface area contributed by atoms with Crippen molar-refractivity contribution in [3.63, 3.8) is 0 Å². The van der Waals surface area contributed by atoms with Gasteiger partial charge in [0.25, 0.3) is 5.91 Å². The maximum Gasteiger partial charge on any atom is 0.262 e. The number of carbonyl (C=O) groups excluding carboxylic acids is 1. The summed E-state index contributed by atoms with van der Waals surface area (Å²) in [5.41, 5.74) is 2.09. The van der Waals surface area contributed by atoms with Crippen molar-refractivity contribution < 1.29 is 9.53 Å². The minimum absolute atomic E-state index is 0.00736. The molecule has 116 valence electrons. The SMILES string of the molecule is CC(C)NC(=O)/C(C#N)=C/c1ccc(N2CCOCC2)cc1. The van der Waals surface area contributed by atoms with Gasteiger partial charge >= 0.3 is 0 Å². The molecule has 1 heterocycles. The van der Waals surface area contributed by atoms with E-state index in [1.807, 2.05) is 44.2 Å². The molecule has 0 bridgehead atoms. The van der Waals surface area contributed by atoms with Gasteiger partial charge in [0.05, 0.1) is 13.2 Å². The van der Waals surface area contributed by atoms with E-state index in [0.717, 1.165) is 37.6 Å². The zero-order valence-corrected chi connectivity index (χ0v) is 13.0. The molecule has 0 radical (unpaired) electrons. The second kappa shape index (κ2) is 7.62. The van der Waals surface area contributed by atoms with Crippen LogP contribution in [0.2, 0.25) is 0 Å². The number of amides is 1. The van der Waals surface area contributed by atoms with Crippen molar-refractivity contribution in [2.75, 3.05) is 31.2 Å². The highest BCUT2D eigenvalue weighted by molar-refractivity contribution is 6.01. The van der Waals surface area contributed by atoms with Gasteiger partial charge in [0.2, 0.25) is 0 Å². The Bertz CT molecular complexity index is 579. The van der Waals surface area contributed by atoms with E-state index in [1.165, 1.54) is 0 Å². The fourth-order valence-electron chi connectivity index (χ4n) is 2.26. The van der Waals surface area contributed by atoms with Crippen molar-refractivity contribution in [3.05, 3.63) is 35.4 Å². The number of carbonyl (C=O) groups is 1. The predicted molar refractivity (Wildman–Crippen MR) is 86.3 cm³/mol. The minimum atomic E-state index is -0.338. The highest BCUT2D eigenvalue weighted by atomic mass is 16.5. The standard InChI is InChI=1S/C17H21N3O2/c1-13(2)19-17(21)15(12-18)11-14-3-5-16(6-4-14)20-7-9-22-10-8-20/h3-6,11,13H,7-10H2,1-2H3,(H,19,21)/b15-11+. The summed E-state index contributed by atoms with van der Waals surface area (Å²) in [6.07, 6.45) is 1.61. The number of hydrogen-bond donors (Lipinski definition) is 1. The Morgan fingerprint density at radius 2 is 1.95 bits per heavy atom. The molecule has 2 rings (SSSR count). The monoisotopic (exact) mass is 299 g/mol. The van der Waals surface area contributed by atoms with E-state index < -0.39 is 0 Å². The number of nitriles is 1. The van der Waals surface area contributed by atoms with Crippen molar-refractivity contribution in [1.82, 2.24) is 5.32 Å². The van der Waals surface area contributed by atoms with Crippen molar-refractivity contribution in [3.8, 4) is 6.07 Å². The summed E-state index contributed by atoms with van der Waals surface area (Å²) in [5, 5.41) is 11.9. The van der Waals surface area contributed by atoms with Crippen LogP contribution >= 0.6 is 0 Å². The van der Waals surface area contributed by atoms with Crippen molar-refractivity contribution in [2.24, 2.45) is 0 Å². The van der Waals surface area contributed by atoms with E-state index in [0.29, 0.717) is 0 Å². The van der Waals surface area contributed by atoms with E-state index in [-0.39, 0.29) is 17.5 Å². The molecule has 5 heteroatoms. The van der Waals surface area contributed by atoms with Gasteiger partial charge in [-0.2, -0.15) is 5.26 Å². The van der Waals surface area contributed by atoms with Crippen LogP contribution in [0.1, 0.15) is 19.4 Å². The molecule has 1 fully saturated rings. The van der Waals surface area contributed by atoms with Crippen LogP contribution in [-0.2, 0) is 9.53 Å². The Labute approximate surface area is 131 Å². The molecule has 1 aromatic carbocycles. The molecule has 1 N–H and O–H groups in total. The normalized spacial score (nSPS) is 15.5. The number of nitrogens with zero attached hydrogens (tertiary/aromatic N) is 2. The quantitative estimate of drug-likeness (QED) is 0.682. The molecule has 22 heavy (non-hydrogen) atoms. The Balaban J connectivity index is 2.10. The molecule has 1 amide bonds. The maximum absolute atomic E-state index is 11.9. The van der Waals surface area contributed by atoms with Gasteiger partial charge in [-0.15, -0.1) is 0 Å². The number of rotatable bonds is 4. The Kier molecular flexibility index (Phi) is 5.56. The van der Waals surface area contributed by atoms with Crippen LogP contribution in [0.25, 0.3) is 6.08 Å². The number of nitrogens with one attached hydrogen (secondary N) is 1. The van der Waals surface area contributed by atoms with E-state index >= 15 is 0 Å². The molecule has 0 spiro atoms. The Morgan fingerprint density at radius 1 is 1.32 bits per heavy atom. The third-order valence-electron chi connectivity index (χ3n) is 3.37. The molecule has 1 aromatic rings. The number of anilines is 1. The first-order chi connectivity index (χ1) is 10.6. The van der Waals surface area contributed by atoms with Gasteiger partial charge in [0.15, 0.2) is 0 Å². The number of benzene rings is 1. The Hall–Kier alpha value is -2.32. The van der Waals surface area contributed by atoms with Gasteiger partial charge in [-0.05, 0) is 37.6 Å².